The Morgan fingerprint density at radius 3 is 2.50 bits per heavy atom. The molecule has 3 nitrogen and oxygen atoms in total. The quantitative estimate of drug-likeness (QED) is 0.445. The van der Waals surface area contributed by atoms with Crippen molar-refractivity contribution in [2.24, 2.45) is 0 Å². The number of hydrogen-bond acceptors (Lipinski definition) is 3. The lowest BCUT2D eigenvalue weighted by Gasteiger charge is -2.07. The Labute approximate surface area is 69.1 Å². The Morgan fingerprint density at radius 2 is 2.08 bits per heavy atom. The minimum absolute atomic E-state index is 0.208. The fraction of sp³-hybridized carbons (Fsp3) is 0.143. The minimum atomic E-state index is -4.72. The summed E-state index contributed by atoms with van der Waals surface area (Å²) in [6.07, 6.45) is 5.12. The molecule has 12 heavy (non-hydrogen) atoms. The maximum absolute atomic E-state index is 12.4. The van der Waals surface area contributed by atoms with Gasteiger partial charge in [-0.25, -0.2) is 4.79 Å². The first-order valence-electron chi connectivity index (χ1n) is 3.09. The lowest BCUT2D eigenvalue weighted by Crippen LogP contribution is -2.17. The third-order valence-electron chi connectivity index (χ3n) is 1.40. The minimum Gasteiger partial charge on any atom is -0.233 e. The normalized spacial score (nSPS) is 22.4. The van der Waals surface area contributed by atoms with Crippen LogP contribution in [0.15, 0.2) is 29.9 Å². The SMILES string of the molecule is O=C=C1C=CC=CC1S(=O)(=O)F. The van der Waals surface area contributed by atoms with E-state index < -0.39 is 15.5 Å². The highest BCUT2D eigenvalue weighted by Crippen LogP contribution is 2.17. The molecule has 0 aromatic heterocycles. The maximum atomic E-state index is 12.4. The van der Waals surface area contributed by atoms with Crippen LogP contribution >= 0.6 is 0 Å². The van der Waals surface area contributed by atoms with Crippen LogP contribution in [0.2, 0.25) is 0 Å². The van der Waals surface area contributed by atoms with E-state index in [-0.39, 0.29) is 5.57 Å². The van der Waals surface area contributed by atoms with Crippen LogP contribution in [0.4, 0.5) is 3.89 Å². The van der Waals surface area contributed by atoms with Crippen molar-refractivity contribution >= 4 is 16.2 Å². The van der Waals surface area contributed by atoms with Crippen molar-refractivity contribution in [1.29, 1.82) is 0 Å². The summed E-state index contributed by atoms with van der Waals surface area (Å²) >= 11 is 0. The van der Waals surface area contributed by atoms with Crippen molar-refractivity contribution in [3.8, 4) is 0 Å². The summed E-state index contributed by atoms with van der Waals surface area (Å²) < 4.78 is 33.2. The molecule has 1 unspecified atom stereocenters. The summed E-state index contributed by atoms with van der Waals surface area (Å²) in [7, 11) is -4.72. The average Bonchev–Trinajstić information content (AvgIpc) is 2.03. The largest absolute Gasteiger partial charge is 0.313 e. The van der Waals surface area contributed by atoms with Gasteiger partial charge in [0.05, 0.1) is 5.57 Å². The second-order valence-corrected chi connectivity index (χ2v) is 3.66. The van der Waals surface area contributed by atoms with E-state index in [2.05, 4.69) is 0 Å². The Kier molecular flexibility index (Phi) is 2.26. The summed E-state index contributed by atoms with van der Waals surface area (Å²) in [5.41, 5.74) is -0.208. The molecule has 0 bridgehead atoms. The first kappa shape index (κ1) is 8.90. The van der Waals surface area contributed by atoms with Gasteiger partial charge in [0.1, 0.15) is 11.2 Å². The van der Waals surface area contributed by atoms with Crippen molar-refractivity contribution in [3.63, 3.8) is 0 Å². The highest BCUT2D eigenvalue weighted by Gasteiger charge is 2.26. The molecule has 1 aliphatic carbocycles. The molecule has 0 aromatic rings. The summed E-state index contributed by atoms with van der Waals surface area (Å²) in [4.78, 5) is 10.1. The van der Waals surface area contributed by atoms with Gasteiger partial charge < -0.3 is 0 Å². The summed E-state index contributed by atoms with van der Waals surface area (Å²) in [6, 6.07) is 0. The molecule has 5 heteroatoms. The molecule has 0 radical (unpaired) electrons. The van der Waals surface area contributed by atoms with Crippen LogP contribution < -0.4 is 0 Å². The van der Waals surface area contributed by atoms with Crippen LogP contribution in [-0.2, 0) is 15.0 Å². The van der Waals surface area contributed by atoms with E-state index in [4.69, 9.17) is 0 Å². The van der Waals surface area contributed by atoms with Crippen LogP contribution in [0.1, 0.15) is 0 Å². The van der Waals surface area contributed by atoms with Crippen molar-refractivity contribution < 1.29 is 17.1 Å². The molecule has 0 saturated heterocycles. The van der Waals surface area contributed by atoms with Gasteiger partial charge in [-0.15, -0.1) is 3.89 Å². The third-order valence-corrected chi connectivity index (χ3v) is 2.42. The molecule has 1 rings (SSSR count). The third kappa shape index (κ3) is 1.69. The van der Waals surface area contributed by atoms with E-state index in [1.165, 1.54) is 24.2 Å². The van der Waals surface area contributed by atoms with Crippen LogP contribution in [0.3, 0.4) is 0 Å². The van der Waals surface area contributed by atoms with E-state index in [0.717, 1.165) is 6.08 Å². The molecule has 64 valence electrons. The van der Waals surface area contributed by atoms with Gasteiger partial charge >= 0.3 is 10.2 Å². The van der Waals surface area contributed by atoms with Crippen molar-refractivity contribution in [1.82, 2.24) is 0 Å². The Balaban J connectivity index is 3.16. The molecule has 0 fully saturated rings. The van der Waals surface area contributed by atoms with Gasteiger partial charge in [0.25, 0.3) is 0 Å². The van der Waals surface area contributed by atoms with E-state index in [1.807, 2.05) is 0 Å². The van der Waals surface area contributed by atoms with E-state index in [1.54, 1.807) is 0 Å². The summed E-state index contributed by atoms with van der Waals surface area (Å²) in [6.45, 7) is 0. The average molecular weight is 188 g/mol. The number of rotatable bonds is 1. The number of halogens is 1. The molecular weight excluding hydrogens is 183 g/mol. The molecule has 0 aromatic carbocycles. The number of carbonyl (C=O) groups excluding carboxylic acids is 1. The van der Waals surface area contributed by atoms with Crippen molar-refractivity contribution in [3.05, 3.63) is 29.9 Å². The predicted molar refractivity (Wildman–Crippen MR) is 41.3 cm³/mol. The topological polar surface area (TPSA) is 51.2 Å². The second-order valence-electron chi connectivity index (χ2n) is 2.20. The first-order chi connectivity index (χ1) is 5.55. The molecule has 1 atom stereocenters. The molecular formula is C7H5FO3S. The maximum Gasteiger partial charge on any atom is 0.313 e. The smallest absolute Gasteiger partial charge is 0.233 e. The van der Waals surface area contributed by atoms with Crippen molar-refractivity contribution in [2.75, 3.05) is 0 Å². The predicted octanol–water partition coefficient (Wildman–Crippen LogP) is 0.538. The van der Waals surface area contributed by atoms with Gasteiger partial charge in [-0.1, -0.05) is 18.2 Å². The fourth-order valence-corrected chi connectivity index (χ4v) is 1.57. The zero-order valence-corrected chi connectivity index (χ0v) is 6.71. The van der Waals surface area contributed by atoms with Crippen LogP contribution in [0.25, 0.3) is 0 Å². The Bertz CT molecular complexity index is 385. The summed E-state index contributed by atoms with van der Waals surface area (Å²) in [5.74, 6) is 1.37. The molecule has 0 spiro atoms. The van der Waals surface area contributed by atoms with E-state index in [9.17, 15) is 17.1 Å². The van der Waals surface area contributed by atoms with Gasteiger partial charge in [-0.3, -0.25) is 0 Å². The molecule has 0 heterocycles. The number of hydrogen-bond donors (Lipinski definition) is 0. The first-order valence-corrected chi connectivity index (χ1v) is 4.53. The zero-order chi connectivity index (χ0) is 9.19. The lowest BCUT2D eigenvalue weighted by atomic mass is 10.1. The van der Waals surface area contributed by atoms with Gasteiger partial charge in [0, 0.05) is 0 Å². The molecule has 0 N–H and O–H groups in total. The van der Waals surface area contributed by atoms with Gasteiger partial charge in [0.2, 0.25) is 0 Å². The van der Waals surface area contributed by atoms with Gasteiger partial charge in [-0.2, -0.15) is 8.42 Å². The second kappa shape index (κ2) is 3.05. The Morgan fingerprint density at radius 1 is 1.42 bits per heavy atom. The highest BCUT2D eigenvalue weighted by atomic mass is 32.3. The van der Waals surface area contributed by atoms with E-state index in [0.29, 0.717) is 0 Å². The van der Waals surface area contributed by atoms with Crippen molar-refractivity contribution in [2.45, 2.75) is 5.25 Å². The fourth-order valence-electron chi connectivity index (χ4n) is 0.860. The molecule has 1 aliphatic rings. The highest BCUT2D eigenvalue weighted by molar-refractivity contribution is 7.87. The molecule has 0 saturated carbocycles. The lowest BCUT2D eigenvalue weighted by molar-refractivity contribution is 0.546. The molecule has 0 aliphatic heterocycles. The van der Waals surface area contributed by atoms with Gasteiger partial charge in [0.15, 0.2) is 0 Å². The van der Waals surface area contributed by atoms with Crippen LogP contribution in [0, 0.1) is 0 Å². The number of allylic oxidation sites excluding steroid dienone is 3. The Hall–Kier alpha value is -1.19. The summed E-state index contributed by atoms with van der Waals surface area (Å²) in [5, 5.41) is -1.49. The monoisotopic (exact) mass is 188 g/mol. The zero-order valence-electron chi connectivity index (χ0n) is 5.90. The van der Waals surface area contributed by atoms with Crippen LogP contribution in [-0.4, -0.2) is 19.6 Å². The molecule has 0 amide bonds. The van der Waals surface area contributed by atoms with E-state index >= 15 is 0 Å². The van der Waals surface area contributed by atoms with Crippen LogP contribution in [0.5, 0.6) is 0 Å². The standard InChI is InChI=1S/C7H5FO3S/c8-12(10,11)7-4-2-1-3-6(7)5-9/h1-4,7H. The van der Waals surface area contributed by atoms with Gasteiger partial charge in [-0.05, 0) is 6.08 Å².